The normalized spacial score (nSPS) is 13.7. The highest BCUT2D eigenvalue weighted by atomic mass is 79.9. The van der Waals surface area contributed by atoms with Gasteiger partial charge in [0, 0.05) is 4.88 Å². The molecule has 15 heavy (non-hydrogen) atoms. The molecule has 1 N–H and O–H groups in total. The highest BCUT2D eigenvalue weighted by Gasteiger charge is 2.28. The van der Waals surface area contributed by atoms with E-state index in [-0.39, 0.29) is 5.75 Å². The van der Waals surface area contributed by atoms with Crippen molar-refractivity contribution in [3.8, 4) is 0 Å². The molecule has 0 aromatic carbocycles. The fourth-order valence-electron chi connectivity index (χ4n) is 0.906. The summed E-state index contributed by atoms with van der Waals surface area (Å²) in [6.07, 6.45) is 0. The number of sulfone groups is 1. The second-order valence-electron chi connectivity index (χ2n) is 2.99. The molecule has 1 atom stereocenters. The van der Waals surface area contributed by atoms with Gasteiger partial charge in [0.15, 0.2) is 15.1 Å². The van der Waals surface area contributed by atoms with Crippen molar-refractivity contribution < 1.29 is 18.3 Å². The molecule has 84 valence electrons. The van der Waals surface area contributed by atoms with Gasteiger partial charge in [0.05, 0.1) is 9.54 Å². The second-order valence-corrected chi connectivity index (χ2v) is 7.86. The van der Waals surface area contributed by atoms with Gasteiger partial charge in [-0.05, 0) is 35.0 Å². The van der Waals surface area contributed by atoms with Crippen LogP contribution in [-0.2, 0) is 20.4 Å². The Bertz CT molecular complexity index is 463. The fraction of sp³-hybridized carbons (Fsp3) is 0.375. The number of carbonyl (C=O) groups is 1. The van der Waals surface area contributed by atoms with Crippen LogP contribution in [0.25, 0.3) is 0 Å². The summed E-state index contributed by atoms with van der Waals surface area (Å²) in [4.78, 5) is 11.2. The third-order valence-electron chi connectivity index (χ3n) is 1.86. The number of halogens is 1. The van der Waals surface area contributed by atoms with Gasteiger partial charge in [0.1, 0.15) is 0 Å². The van der Waals surface area contributed by atoms with E-state index in [2.05, 4.69) is 15.9 Å². The van der Waals surface area contributed by atoms with E-state index >= 15 is 0 Å². The summed E-state index contributed by atoms with van der Waals surface area (Å²) in [5, 5.41) is 7.25. The van der Waals surface area contributed by atoms with Gasteiger partial charge in [0.2, 0.25) is 0 Å². The van der Waals surface area contributed by atoms with Crippen molar-refractivity contribution in [2.24, 2.45) is 0 Å². The standard InChI is InChI=1S/C8H9BrO4S2/c1-5(8(10)11)15(12,13)4-6-2-3-7(9)14-6/h2-3,5H,4H2,1H3,(H,10,11). The minimum absolute atomic E-state index is 0.225. The maximum Gasteiger partial charge on any atom is 0.321 e. The number of carboxylic acids is 1. The van der Waals surface area contributed by atoms with Crippen molar-refractivity contribution in [3.63, 3.8) is 0 Å². The molecule has 0 amide bonds. The van der Waals surface area contributed by atoms with E-state index in [1.165, 1.54) is 18.3 Å². The Balaban J connectivity index is 2.86. The Morgan fingerprint density at radius 3 is 2.60 bits per heavy atom. The van der Waals surface area contributed by atoms with Crippen LogP contribution in [0.15, 0.2) is 15.9 Å². The fourth-order valence-corrected chi connectivity index (χ4v) is 3.96. The zero-order valence-corrected chi connectivity index (χ0v) is 11.0. The Hall–Kier alpha value is -0.400. The van der Waals surface area contributed by atoms with Gasteiger partial charge in [0.25, 0.3) is 0 Å². The Morgan fingerprint density at radius 1 is 1.60 bits per heavy atom. The summed E-state index contributed by atoms with van der Waals surface area (Å²) >= 11 is 4.50. The lowest BCUT2D eigenvalue weighted by Gasteiger charge is -2.06. The molecule has 1 unspecified atom stereocenters. The first-order chi connectivity index (χ1) is 6.83. The van der Waals surface area contributed by atoms with Gasteiger partial charge >= 0.3 is 5.97 Å². The first-order valence-electron chi connectivity index (χ1n) is 4.01. The average molecular weight is 313 g/mol. The molecule has 4 nitrogen and oxygen atoms in total. The summed E-state index contributed by atoms with van der Waals surface area (Å²) < 4.78 is 24.0. The molecular formula is C8H9BrO4S2. The van der Waals surface area contributed by atoms with Crippen molar-refractivity contribution in [2.45, 2.75) is 17.9 Å². The number of hydrogen-bond donors (Lipinski definition) is 1. The summed E-state index contributed by atoms with van der Waals surface area (Å²) in [7, 11) is -3.61. The van der Waals surface area contributed by atoms with E-state index in [9.17, 15) is 13.2 Å². The molecule has 1 heterocycles. The van der Waals surface area contributed by atoms with Crippen LogP contribution in [0.3, 0.4) is 0 Å². The maximum atomic E-state index is 11.6. The van der Waals surface area contributed by atoms with Crippen LogP contribution in [0.5, 0.6) is 0 Å². The number of hydrogen-bond acceptors (Lipinski definition) is 4. The van der Waals surface area contributed by atoms with Crippen LogP contribution < -0.4 is 0 Å². The minimum atomic E-state index is -3.61. The van der Waals surface area contributed by atoms with E-state index in [0.717, 1.165) is 3.79 Å². The highest BCUT2D eigenvalue weighted by molar-refractivity contribution is 9.11. The molecule has 0 aliphatic rings. The molecule has 0 bridgehead atoms. The van der Waals surface area contributed by atoms with Gasteiger partial charge in [-0.15, -0.1) is 11.3 Å². The maximum absolute atomic E-state index is 11.6. The predicted molar refractivity (Wildman–Crippen MR) is 61.7 cm³/mol. The lowest BCUT2D eigenvalue weighted by atomic mass is 10.5. The third kappa shape index (κ3) is 3.29. The molecule has 0 aliphatic heterocycles. The van der Waals surface area contributed by atoms with E-state index in [1.54, 1.807) is 12.1 Å². The molecule has 1 aromatic rings. The van der Waals surface area contributed by atoms with E-state index < -0.39 is 21.1 Å². The molecule has 7 heteroatoms. The number of rotatable bonds is 4. The third-order valence-corrected chi connectivity index (χ3v) is 5.66. The zero-order valence-electron chi connectivity index (χ0n) is 7.81. The molecule has 0 spiro atoms. The molecule has 0 fully saturated rings. The lowest BCUT2D eigenvalue weighted by Crippen LogP contribution is -2.27. The van der Waals surface area contributed by atoms with Crippen LogP contribution in [0.2, 0.25) is 0 Å². The molecule has 0 saturated heterocycles. The Labute approximate surface area is 100.0 Å². The predicted octanol–water partition coefficient (Wildman–Crippen LogP) is 1.90. The SMILES string of the molecule is CC(C(=O)O)S(=O)(=O)Cc1ccc(Br)s1. The average Bonchev–Trinajstić information content (AvgIpc) is 2.48. The van der Waals surface area contributed by atoms with Crippen LogP contribution in [0, 0.1) is 0 Å². The molecule has 0 saturated carbocycles. The molecule has 0 radical (unpaired) electrons. The molecule has 1 aromatic heterocycles. The van der Waals surface area contributed by atoms with Crippen LogP contribution >= 0.6 is 27.3 Å². The van der Waals surface area contributed by atoms with Crippen molar-refractivity contribution in [3.05, 3.63) is 20.8 Å². The minimum Gasteiger partial charge on any atom is -0.480 e. The topological polar surface area (TPSA) is 71.4 Å². The second kappa shape index (κ2) is 4.63. The first kappa shape index (κ1) is 12.7. The molecular weight excluding hydrogens is 304 g/mol. The van der Waals surface area contributed by atoms with Gasteiger partial charge in [-0.25, -0.2) is 8.42 Å². The largest absolute Gasteiger partial charge is 0.480 e. The van der Waals surface area contributed by atoms with E-state index in [1.807, 2.05) is 0 Å². The highest BCUT2D eigenvalue weighted by Crippen LogP contribution is 2.24. The van der Waals surface area contributed by atoms with Crippen molar-refractivity contribution in [1.82, 2.24) is 0 Å². The number of thiophene rings is 1. The van der Waals surface area contributed by atoms with E-state index in [4.69, 9.17) is 5.11 Å². The van der Waals surface area contributed by atoms with Crippen LogP contribution in [0.4, 0.5) is 0 Å². The van der Waals surface area contributed by atoms with E-state index in [0.29, 0.717) is 4.88 Å². The lowest BCUT2D eigenvalue weighted by molar-refractivity contribution is -0.136. The Kier molecular flexibility index (Phi) is 3.91. The van der Waals surface area contributed by atoms with Crippen molar-refractivity contribution >= 4 is 43.1 Å². The van der Waals surface area contributed by atoms with Crippen molar-refractivity contribution in [2.75, 3.05) is 0 Å². The monoisotopic (exact) mass is 312 g/mol. The smallest absolute Gasteiger partial charge is 0.321 e. The van der Waals surface area contributed by atoms with Crippen LogP contribution in [0.1, 0.15) is 11.8 Å². The molecule has 0 aliphatic carbocycles. The first-order valence-corrected chi connectivity index (χ1v) is 7.34. The number of carboxylic acid groups (broad SMARTS) is 1. The van der Waals surface area contributed by atoms with Gasteiger partial charge in [-0.2, -0.15) is 0 Å². The quantitative estimate of drug-likeness (QED) is 0.921. The van der Waals surface area contributed by atoms with Crippen molar-refractivity contribution in [1.29, 1.82) is 0 Å². The molecule has 1 rings (SSSR count). The summed E-state index contributed by atoms with van der Waals surface area (Å²) in [6.45, 7) is 1.18. The van der Waals surface area contributed by atoms with Crippen LogP contribution in [-0.4, -0.2) is 24.7 Å². The number of aliphatic carboxylic acids is 1. The van der Waals surface area contributed by atoms with Gasteiger partial charge in [-0.3, -0.25) is 4.79 Å². The van der Waals surface area contributed by atoms with Gasteiger partial charge < -0.3 is 5.11 Å². The van der Waals surface area contributed by atoms with Gasteiger partial charge in [-0.1, -0.05) is 0 Å². The summed E-state index contributed by atoms with van der Waals surface area (Å²) in [5.41, 5.74) is 0. The summed E-state index contributed by atoms with van der Waals surface area (Å²) in [5.74, 6) is -1.54. The Morgan fingerprint density at radius 2 is 2.20 bits per heavy atom. The zero-order chi connectivity index (χ0) is 11.6. The summed E-state index contributed by atoms with van der Waals surface area (Å²) in [6, 6.07) is 3.40.